The van der Waals surface area contributed by atoms with Gasteiger partial charge < -0.3 is 0 Å². The van der Waals surface area contributed by atoms with E-state index in [1.807, 2.05) is 12.1 Å². The molecule has 2 aromatic rings. The van der Waals surface area contributed by atoms with Crippen LogP contribution >= 0.6 is 11.8 Å². The first-order valence-electron chi connectivity index (χ1n) is 5.07. The van der Waals surface area contributed by atoms with Crippen LogP contribution in [0.1, 0.15) is 17.4 Å². The maximum absolute atomic E-state index is 10.5. The first-order chi connectivity index (χ1) is 7.83. The van der Waals surface area contributed by atoms with Crippen LogP contribution in [-0.4, -0.2) is 22.2 Å². The Balaban J connectivity index is 2.23. The number of thioether (sulfide) groups is 1. The van der Waals surface area contributed by atoms with E-state index in [1.54, 1.807) is 17.8 Å². The average Bonchev–Trinajstić information content (AvgIpc) is 2.79. The quantitative estimate of drug-likeness (QED) is 0.651. The number of hydrogen-bond donors (Lipinski definition) is 1. The lowest BCUT2D eigenvalue weighted by Crippen LogP contribution is -1.78. The third kappa shape index (κ3) is 2.33. The summed E-state index contributed by atoms with van der Waals surface area (Å²) < 4.78 is 0. The van der Waals surface area contributed by atoms with Gasteiger partial charge >= 0.3 is 0 Å². The lowest BCUT2D eigenvalue weighted by molar-refractivity contribution is 0.111. The Hall–Kier alpha value is -1.55. The van der Waals surface area contributed by atoms with E-state index in [0.717, 1.165) is 23.3 Å². The highest BCUT2D eigenvalue weighted by molar-refractivity contribution is 7.99. The highest BCUT2D eigenvalue weighted by atomic mass is 32.2. The van der Waals surface area contributed by atoms with Gasteiger partial charge in [0, 0.05) is 10.5 Å². The Labute approximate surface area is 98.3 Å². The number of nitrogens with one attached hydrogen (secondary N) is 1. The van der Waals surface area contributed by atoms with Crippen LogP contribution in [0.5, 0.6) is 0 Å². The molecule has 0 spiro atoms. The number of aromatic amines is 1. The van der Waals surface area contributed by atoms with Crippen molar-refractivity contribution in [3.05, 3.63) is 36.0 Å². The van der Waals surface area contributed by atoms with Gasteiger partial charge in [-0.3, -0.25) is 9.89 Å². The fourth-order valence-corrected chi connectivity index (χ4v) is 2.10. The Morgan fingerprint density at radius 1 is 1.38 bits per heavy atom. The van der Waals surface area contributed by atoms with Crippen molar-refractivity contribution in [1.29, 1.82) is 0 Å². The Morgan fingerprint density at radius 3 is 2.69 bits per heavy atom. The number of carbonyl (C=O) groups is 1. The SMILES string of the molecule is CCSc1ccc(-c2cc(C=O)[nH]n2)cc1. The number of nitrogens with zero attached hydrogens (tertiary/aromatic N) is 1. The first-order valence-corrected chi connectivity index (χ1v) is 6.06. The van der Waals surface area contributed by atoms with Crippen LogP contribution in [0.3, 0.4) is 0 Å². The Morgan fingerprint density at radius 2 is 2.12 bits per heavy atom. The average molecular weight is 232 g/mol. The number of rotatable bonds is 4. The molecule has 0 aliphatic heterocycles. The fraction of sp³-hybridized carbons (Fsp3) is 0.167. The summed E-state index contributed by atoms with van der Waals surface area (Å²) in [6, 6.07) is 9.91. The highest BCUT2D eigenvalue weighted by Crippen LogP contribution is 2.22. The summed E-state index contributed by atoms with van der Waals surface area (Å²) in [5.74, 6) is 1.07. The summed E-state index contributed by atoms with van der Waals surface area (Å²) in [5, 5.41) is 6.74. The lowest BCUT2D eigenvalue weighted by Gasteiger charge is -1.99. The molecule has 1 N–H and O–H groups in total. The van der Waals surface area contributed by atoms with E-state index >= 15 is 0 Å². The minimum absolute atomic E-state index is 0.502. The minimum atomic E-state index is 0.502. The summed E-state index contributed by atoms with van der Waals surface area (Å²) in [4.78, 5) is 11.8. The monoisotopic (exact) mass is 232 g/mol. The first kappa shape index (κ1) is 11.0. The molecule has 0 bridgehead atoms. The van der Waals surface area contributed by atoms with E-state index in [-0.39, 0.29) is 0 Å². The molecule has 0 aliphatic carbocycles. The van der Waals surface area contributed by atoms with Crippen molar-refractivity contribution in [2.24, 2.45) is 0 Å². The van der Waals surface area contributed by atoms with E-state index in [4.69, 9.17) is 0 Å². The van der Waals surface area contributed by atoms with E-state index in [9.17, 15) is 4.79 Å². The molecule has 3 nitrogen and oxygen atoms in total. The molecule has 0 saturated carbocycles. The summed E-state index contributed by atoms with van der Waals surface area (Å²) in [6.07, 6.45) is 0.762. The summed E-state index contributed by atoms with van der Waals surface area (Å²) in [7, 11) is 0. The van der Waals surface area contributed by atoms with Gasteiger partial charge in [-0.05, 0) is 24.0 Å². The molecular weight excluding hydrogens is 220 g/mol. The Bertz CT molecular complexity index is 476. The topological polar surface area (TPSA) is 45.8 Å². The molecule has 1 heterocycles. The number of benzene rings is 1. The second-order valence-electron chi connectivity index (χ2n) is 3.28. The van der Waals surface area contributed by atoms with Crippen LogP contribution in [-0.2, 0) is 0 Å². The van der Waals surface area contributed by atoms with Gasteiger partial charge in [-0.1, -0.05) is 19.1 Å². The third-order valence-corrected chi connectivity index (χ3v) is 3.08. The molecule has 0 aliphatic rings. The van der Waals surface area contributed by atoms with E-state index in [2.05, 4.69) is 29.3 Å². The Kier molecular flexibility index (Phi) is 3.41. The van der Waals surface area contributed by atoms with Crippen LogP contribution < -0.4 is 0 Å². The highest BCUT2D eigenvalue weighted by Gasteiger charge is 2.03. The zero-order valence-electron chi connectivity index (χ0n) is 8.93. The van der Waals surface area contributed by atoms with Crippen molar-refractivity contribution in [2.75, 3.05) is 5.75 Å². The molecular formula is C12H12N2OS. The van der Waals surface area contributed by atoms with Gasteiger partial charge in [0.15, 0.2) is 6.29 Å². The van der Waals surface area contributed by atoms with Gasteiger partial charge in [-0.25, -0.2) is 0 Å². The number of aromatic nitrogens is 2. The van der Waals surface area contributed by atoms with Crippen LogP contribution in [0, 0.1) is 0 Å². The molecule has 16 heavy (non-hydrogen) atoms. The molecule has 0 amide bonds. The second kappa shape index (κ2) is 4.99. The predicted octanol–water partition coefficient (Wildman–Crippen LogP) is 3.00. The normalized spacial score (nSPS) is 10.3. The van der Waals surface area contributed by atoms with E-state index in [0.29, 0.717) is 5.69 Å². The van der Waals surface area contributed by atoms with Gasteiger partial charge in [0.2, 0.25) is 0 Å². The van der Waals surface area contributed by atoms with Crippen molar-refractivity contribution in [3.63, 3.8) is 0 Å². The molecule has 82 valence electrons. The molecule has 0 radical (unpaired) electrons. The van der Waals surface area contributed by atoms with Gasteiger partial charge in [0.25, 0.3) is 0 Å². The molecule has 1 aromatic heterocycles. The molecule has 0 fully saturated rings. The fourth-order valence-electron chi connectivity index (χ4n) is 1.43. The van der Waals surface area contributed by atoms with Crippen molar-refractivity contribution >= 4 is 18.0 Å². The third-order valence-electron chi connectivity index (χ3n) is 2.19. The molecule has 0 atom stereocenters. The summed E-state index contributed by atoms with van der Waals surface area (Å²) in [6.45, 7) is 2.13. The maximum Gasteiger partial charge on any atom is 0.167 e. The molecule has 4 heteroatoms. The smallest absolute Gasteiger partial charge is 0.167 e. The summed E-state index contributed by atoms with van der Waals surface area (Å²) in [5.41, 5.74) is 2.32. The van der Waals surface area contributed by atoms with Gasteiger partial charge in [-0.2, -0.15) is 5.10 Å². The van der Waals surface area contributed by atoms with Gasteiger partial charge in [0.05, 0.1) is 11.4 Å². The van der Waals surface area contributed by atoms with Crippen LogP contribution in [0.25, 0.3) is 11.3 Å². The van der Waals surface area contributed by atoms with E-state index < -0.39 is 0 Å². The number of aldehydes is 1. The number of H-pyrrole nitrogens is 1. The van der Waals surface area contributed by atoms with Crippen molar-refractivity contribution in [1.82, 2.24) is 10.2 Å². The zero-order valence-corrected chi connectivity index (χ0v) is 9.75. The lowest BCUT2D eigenvalue weighted by atomic mass is 10.1. The van der Waals surface area contributed by atoms with Crippen LogP contribution in [0.15, 0.2) is 35.2 Å². The van der Waals surface area contributed by atoms with Crippen LogP contribution in [0.4, 0.5) is 0 Å². The van der Waals surface area contributed by atoms with E-state index in [1.165, 1.54) is 4.90 Å². The number of carbonyl (C=O) groups excluding carboxylic acids is 1. The van der Waals surface area contributed by atoms with Crippen molar-refractivity contribution in [3.8, 4) is 11.3 Å². The van der Waals surface area contributed by atoms with Gasteiger partial charge in [-0.15, -0.1) is 11.8 Å². The molecule has 0 unspecified atom stereocenters. The largest absolute Gasteiger partial charge is 0.296 e. The van der Waals surface area contributed by atoms with Crippen molar-refractivity contribution in [2.45, 2.75) is 11.8 Å². The molecule has 0 saturated heterocycles. The molecule has 2 rings (SSSR count). The van der Waals surface area contributed by atoms with Crippen LogP contribution in [0.2, 0.25) is 0 Å². The number of hydrogen-bond acceptors (Lipinski definition) is 3. The zero-order chi connectivity index (χ0) is 11.4. The minimum Gasteiger partial charge on any atom is -0.296 e. The maximum atomic E-state index is 10.5. The summed E-state index contributed by atoms with van der Waals surface area (Å²) >= 11 is 1.80. The van der Waals surface area contributed by atoms with Crippen molar-refractivity contribution < 1.29 is 4.79 Å². The second-order valence-corrected chi connectivity index (χ2v) is 4.62. The van der Waals surface area contributed by atoms with Gasteiger partial charge in [0.1, 0.15) is 0 Å². The standard InChI is InChI=1S/C12H12N2OS/c1-2-16-11-5-3-9(4-6-11)12-7-10(8-15)13-14-12/h3-8H,2H2,1H3,(H,13,14). The predicted molar refractivity (Wildman–Crippen MR) is 65.8 cm³/mol. The molecule has 1 aromatic carbocycles.